The van der Waals surface area contributed by atoms with Crippen molar-refractivity contribution in [2.24, 2.45) is 0 Å². The van der Waals surface area contributed by atoms with Gasteiger partial charge in [-0.2, -0.15) is 5.10 Å². The van der Waals surface area contributed by atoms with E-state index in [2.05, 4.69) is 0 Å². The third kappa shape index (κ3) is 8.75. The van der Waals surface area contributed by atoms with E-state index in [0.717, 1.165) is 34.6 Å². The predicted molar refractivity (Wildman–Crippen MR) is 147 cm³/mol. The number of nitrogens with zero attached hydrogens (tertiary/aromatic N) is 2. The van der Waals surface area contributed by atoms with Crippen LogP contribution < -0.4 is 0 Å². The van der Waals surface area contributed by atoms with Gasteiger partial charge >= 0.3 is 29.8 Å². The van der Waals surface area contributed by atoms with Crippen LogP contribution in [-0.2, 0) is 47.7 Å². The van der Waals surface area contributed by atoms with E-state index >= 15 is 0 Å². The molecule has 0 saturated carbocycles. The maximum Gasteiger partial charge on any atom is 0.303 e. The number of hydrogen-bond acceptors (Lipinski definition) is 11. The first-order valence-corrected chi connectivity index (χ1v) is 13.0. The van der Waals surface area contributed by atoms with Crippen LogP contribution in [0.4, 0.5) is 0 Å². The standard InChI is InChI=1S/C30H32N2O10/c1-18(33)38-17-26(39-19(2)34)29(41-21(4)36)30(42-22(5)37)28(40-20(3)35)25-16-32(24-14-10-7-11-15-24)31-27(25)23-12-8-6-9-13-23/h6-16,26,28-30H,17H2,1-5H3/t26-,28+,29+,30-/m1/s1. The van der Waals surface area contributed by atoms with Crippen LogP contribution in [0.15, 0.2) is 66.9 Å². The summed E-state index contributed by atoms with van der Waals surface area (Å²) in [5.74, 6) is -3.90. The van der Waals surface area contributed by atoms with Gasteiger partial charge < -0.3 is 23.7 Å². The number of para-hydroxylation sites is 1. The summed E-state index contributed by atoms with van der Waals surface area (Å²) in [6, 6.07) is 18.1. The Morgan fingerprint density at radius 1 is 0.667 bits per heavy atom. The van der Waals surface area contributed by atoms with Gasteiger partial charge in [0.25, 0.3) is 0 Å². The number of hydrogen-bond donors (Lipinski definition) is 0. The highest BCUT2D eigenvalue weighted by Gasteiger charge is 2.46. The van der Waals surface area contributed by atoms with Crippen LogP contribution in [-0.4, -0.2) is 64.5 Å². The first kappa shape index (κ1) is 31.5. The number of esters is 5. The van der Waals surface area contributed by atoms with Gasteiger partial charge in [-0.25, -0.2) is 4.68 Å². The van der Waals surface area contributed by atoms with Crippen LogP contribution in [0.25, 0.3) is 16.9 Å². The lowest BCUT2D eigenvalue weighted by atomic mass is 9.94. The van der Waals surface area contributed by atoms with E-state index in [1.165, 1.54) is 0 Å². The Hall–Kier alpha value is -5.00. The van der Waals surface area contributed by atoms with E-state index < -0.39 is 60.9 Å². The SMILES string of the molecule is CC(=O)OC[C@@H](OC(C)=O)[C@H](OC(C)=O)[C@H](OC(C)=O)[C@@H](OC(C)=O)c1cn(-c2ccccc2)nc1-c1ccccc1. The van der Waals surface area contributed by atoms with Crippen LogP contribution in [0.5, 0.6) is 0 Å². The topological polar surface area (TPSA) is 149 Å². The summed E-state index contributed by atoms with van der Waals surface area (Å²) in [6.45, 7) is 5.06. The smallest absolute Gasteiger partial charge is 0.303 e. The molecule has 0 aliphatic heterocycles. The molecule has 1 heterocycles. The number of aromatic nitrogens is 2. The van der Waals surface area contributed by atoms with Gasteiger partial charge in [0, 0.05) is 51.9 Å². The Morgan fingerprint density at radius 2 is 1.19 bits per heavy atom. The molecule has 0 unspecified atom stereocenters. The zero-order valence-corrected chi connectivity index (χ0v) is 23.8. The minimum atomic E-state index is -1.58. The summed E-state index contributed by atoms with van der Waals surface area (Å²) >= 11 is 0. The molecule has 0 N–H and O–H groups in total. The van der Waals surface area contributed by atoms with Gasteiger partial charge in [0.2, 0.25) is 0 Å². The molecule has 0 aliphatic rings. The minimum Gasteiger partial charge on any atom is -0.462 e. The average molecular weight is 581 g/mol. The highest BCUT2D eigenvalue weighted by molar-refractivity contribution is 5.71. The number of ether oxygens (including phenoxy) is 5. The quantitative estimate of drug-likeness (QED) is 0.229. The minimum absolute atomic E-state index is 0.290. The van der Waals surface area contributed by atoms with Gasteiger partial charge in [0.15, 0.2) is 24.4 Å². The van der Waals surface area contributed by atoms with Gasteiger partial charge in [-0.15, -0.1) is 0 Å². The van der Waals surface area contributed by atoms with Gasteiger partial charge in [0.05, 0.1) is 11.4 Å². The van der Waals surface area contributed by atoms with E-state index in [-0.39, 0.29) is 5.56 Å². The second-order valence-corrected chi connectivity index (χ2v) is 9.21. The number of benzene rings is 2. The van der Waals surface area contributed by atoms with Crippen molar-refractivity contribution < 1.29 is 47.7 Å². The van der Waals surface area contributed by atoms with Crippen molar-refractivity contribution in [3.05, 3.63) is 72.4 Å². The molecule has 42 heavy (non-hydrogen) atoms. The molecule has 0 saturated heterocycles. The third-order valence-electron chi connectivity index (χ3n) is 5.77. The third-order valence-corrected chi connectivity index (χ3v) is 5.77. The van der Waals surface area contributed by atoms with Crippen molar-refractivity contribution >= 4 is 29.8 Å². The largest absolute Gasteiger partial charge is 0.462 e. The normalized spacial score (nSPS) is 13.5. The fourth-order valence-corrected chi connectivity index (χ4v) is 4.26. The lowest BCUT2D eigenvalue weighted by Crippen LogP contribution is -2.50. The van der Waals surface area contributed by atoms with E-state index in [1.54, 1.807) is 35.1 Å². The zero-order valence-electron chi connectivity index (χ0n) is 23.8. The van der Waals surface area contributed by atoms with Crippen molar-refractivity contribution in [2.75, 3.05) is 6.61 Å². The van der Waals surface area contributed by atoms with Crippen molar-refractivity contribution in [2.45, 2.75) is 59.0 Å². The maximum atomic E-state index is 12.5. The molecule has 1 aromatic heterocycles. The molecule has 0 radical (unpaired) electrons. The summed E-state index contributed by atoms with van der Waals surface area (Å²) < 4.78 is 28.9. The Labute approximate surface area is 242 Å². The molecular weight excluding hydrogens is 548 g/mol. The van der Waals surface area contributed by atoms with Crippen molar-refractivity contribution in [1.82, 2.24) is 9.78 Å². The second kappa shape index (κ2) is 14.6. The molecule has 222 valence electrons. The Balaban J connectivity index is 2.28. The maximum absolute atomic E-state index is 12.5. The molecule has 0 amide bonds. The first-order chi connectivity index (χ1) is 20.0. The summed E-state index contributed by atoms with van der Waals surface area (Å²) in [7, 11) is 0. The molecule has 3 aromatic rings. The van der Waals surface area contributed by atoms with Crippen molar-refractivity contribution in [1.29, 1.82) is 0 Å². The summed E-state index contributed by atoms with van der Waals surface area (Å²) in [4.78, 5) is 60.9. The van der Waals surface area contributed by atoms with Crippen LogP contribution in [0.3, 0.4) is 0 Å². The van der Waals surface area contributed by atoms with Gasteiger partial charge in [-0.05, 0) is 12.1 Å². The highest BCUT2D eigenvalue weighted by atomic mass is 16.6. The van der Waals surface area contributed by atoms with Crippen molar-refractivity contribution in [3.63, 3.8) is 0 Å². The fraction of sp³-hybridized carbons (Fsp3) is 0.333. The molecule has 0 fully saturated rings. The summed E-state index contributed by atoms with van der Waals surface area (Å²) in [5, 5.41) is 4.74. The Bertz CT molecular complexity index is 1400. The summed E-state index contributed by atoms with van der Waals surface area (Å²) in [5.41, 5.74) is 1.98. The monoisotopic (exact) mass is 580 g/mol. The fourth-order valence-electron chi connectivity index (χ4n) is 4.26. The first-order valence-electron chi connectivity index (χ1n) is 13.0. The zero-order chi connectivity index (χ0) is 30.8. The molecule has 0 bridgehead atoms. The average Bonchev–Trinajstić information content (AvgIpc) is 3.37. The lowest BCUT2D eigenvalue weighted by molar-refractivity contribution is -0.203. The van der Waals surface area contributed by atoms with Gasteiger partial charge in [0.1, 0.15) is 6.61 Å². The molecule has 0 spiro atoms. The van der Waals surface area contributed by atoms with E-state index in [1.807, 2.05) is 36.4 Å². The predicted octanol–water partition coefficient (Wildman–Crippen LogP) is 3.50. The number of carbonyl (C=O) groups is 5. The molecular formula is C30H32N2O10. The molecule has 4 atom stereocenters. The molecule has 2 aromatic carbocycles. The van der Waals surface area contributed by atoms with Gasteiger partial charge in [-0.1, -0.05) is 48.5 Å². The molecule has 12 nitrogen and oxygen atoms in total. The van der Waals surface area contributed by atoms with Crippen LogP contribution >= 0.6 is 0 Å². The van der Waals surface area contributed by atoms with Gasteiger partial charge in [-0.3, -0.25) is 24.0 Å². The van der Waals surface area contributed by atoms with Crippen LogP contribution in [0.1, 0.15) is 46.3 Å². The Kier molecular flexibility index (Phi) is 10.9. The molecule has 0 aliphatic carbocycles. The van der Waals surface area contributed by atoms with Crippen molar-refractivity contribution in [3.8, 4) is 16.9 Å². The molecule has 12 heteroatoms. The summed E-state index contributed by atoms with van der Waals surface area (Å²) in [6.07, 6.45) is -4.44. The van der Waals surface area contributed by atoms with Crippen LogP contribution in [0, 0.1) is 0 Å². The molecule has 3 rings (SSSR count). The lowest BCUT2D eigenvalue weighted by Gasteiger charge is -2.35. The highest BCUT2D eigenvalue weighted by Crippen LogP contribution is 2.36. The second-order valence-electron chi connectivity index (χ2n) is 9.21. The number of carbonyl (C=O) groups excluding carboxylic acids is 5. The Morgan fingerprint density at radius 3 is 1.71 bits per heavy atom. The van der Waals surface area contributed by atoms with E-state index in [4.69, 9.17) is 28.8 Å². The van der Waals surface area contributed by atoms with E-state index in [0.29, 0.717) is 16.9 Å². The van der Waals surface area contributed by atoms with Crippen LogP contribution in [0.2, 0.25) is 0 Å². The number of rotatable bonds is 12. The van der Waals surface area contributed by atoms with E-state index in [9.17, 15) is 24.0 Å².